The fourth-order valence-corrected chi connectivity index (χ4v) is 2.40. The van der Waals surface area contributed by atoms with Gasteiger partial charge in [0.05, 0.1) is 22.8 Å². The Kier molecular flexibility index (Phi) is 3.35. The highest BCUT2D eigenvalue weighted by molar-refractivity contribution is 6.62. The van der Waals surface area contributed by atoms with Crippen LogP contribution < -0.4 is 5.46 Å². The number of hydrogen-bond acceptors (Lipinski definition) is 4. The number of nitrogens with zero attached hydrogens (tertiary/aromatic N) is 2. The molecule has 6 heteroatoms. The summed E-state index contributed by atoms with van der Waals surface area (Å²) in [6.07, 6.45) is 3.44. The lowest BCUT2D eigenvalue weighted by atomic mass is 9.75. The molecule has 0 spiro atoms. The first-order chi connectivity index (χ1) is 10.3. The molecule has 5 nitrogen and oxygen atoms in total. The van der Waals surface area contributed by atoms with Gasteiger partial charge < -0.3 is 14.3 Å². The Hall–Kier alpha value is -2.10. The average molecular weight is 295 g/mol. The molecule has 22 heavy (non-hydrogen) atoms. The zero-order valence-electron chi connectivity index (χ0n) is 13.2. The van der Waals surface area contributed by atoms with Gasteiger partial charge in [0.25, 0.3) is 0 Å². The second-order valence-corrected chi connectivity index (χ2v) is 6.44. The zero-order chi connectivity index (χ0) is 16.0. The third kappa shape index (κ3) is 2.33. The van der Waals surface area contributed by atoms with E-state index < -0.39 is 18.3 Å². The summed E-state index contributed by atoms with van der Waals surface area (Å²) in [5.41, 5.74) is 1.29. The highest BCUT2D eigenvalue weighted by Crippen LogP contribution is 2.36. The molecular formula is C16H18BN3O2. The summed E-state index contributed by atoms with van der Waals surface area (Å²) in [6, 6.07) is 7.82. The molecule has 1 saturated heterocycles. The van der Waals surface area contributed by atoms with Crippen molar-refractivity contribution < 1.29 is 9.31 Å². The number of nitriles is 1. The van der Waals surface area contributed by atoms with E-state index in [0.717, 1.165) is 16.9 Å². The first kappa shape index (κ1) is 14.8. The molecular weight excluding hydrogens is 277 g/mol. The second kappa shape index (κ2) is 4.97. The van der Waals surface area contributed by atoms with Gasteiger partial charge in [-0.3, -0.25) is 0 Å². The minimum absolute atomic E-state index is 0.427. The number of aromatic amines is 1. The molecule has 0 amide bonds. The molecule has 0 radical (unpaired) electrons. The number of aromatic nitrogens is 2. The van der Waals surface area contributed by atoms with E-state index in [0.29, 0.717) is 5.56 Å². The van der Waals surface area contributed by atoms with E-state index in [1.807, 2.05) is 39.8 Å². The van der Waals surface area contributed by atoms with Crippen molar-refractivity contribution in [1.82, 2.24) is 9.97 Å². The smallest absolute Gasteiger partial charge is 0.399 e. The Balaban J connectivity index is 1.98. The van der Waals surface area contributed by atoms with E-state index in [-0.39, 0.29) is 0 Å². The van der Waals surface area contributed by atoms with Crippen LogP contribution in [0.4, 0.5) is 0 Å². The Morgan fingerprint density at radius 3 is 2.41 bits per heavy atom. The Labute approximate surface area is 130 Å². The average Bonchev–Trinajstić information content (AvgIpc) is 3.05. The normalized spacial score (nSPS) is 19.1. The SMILES string of the molecule is CC1(C)OB(c2ccc(-c3ncc[nH]3)cc2C#N)OC1(C)C. The monoisotopic (exact) mass is 295 g/mol. The summed E-state index contributed by atoms with van der Waals surface area (Å²) in [5.74, 6) is 0.733. The van der Waals surface area contributed by atoms with Gasteiger partial charge in [-0.25, -0.2) is 4.98 Å². The highest BCUT2D eigenvalue weighted by atomic mass is 16.7. The molecule has 1 aromatic heterocycles. The third-order valence-corrected chi connectivity index (χ3v) is 4.45. The Morgan fingerprint density at radius 2 is 1.86 bits per heavy atom. The fraction of sp³-hybridized carbons (Fsp3) is 0.375. The minimum atomic E-state index is -0.537. The van der Waals surface area contributed by atoms with Gasteiger partial charge in [-0.15, -0.1) is 0 Å². The molecule has 0 aliphatic carbocycles. The van der Waals surface area contributed by atoms with Crippen LogP contribution in [-0.4, -0.2) is 28.3 Å². The van der Waals surface area contributed by atoms with Crippen LogP contribution in [0.15, 0.2) is 30.6 Å². The van der Waals surface area contributed by atoms with E-state index in [9.17, 15) is 5.26 Å². The summed E-state index contributed by atoms with van der Waals surface area (Å²) in [4.78, 5) is 7.24. The summed E-state index contributed by atoms with van der Waals surface area (Å²) < 4.78 is 12.1. The van der Waals surface area contributed by atoms with Gasteiger partial charge in [-0.2, -0.15) is 5.26 Å². The third-order valence-electron chi connectivity index (χ3n) is 4.45. The number of imidazole rings is 1. The lowest BCUT2D eigenvalue weighted by molar-refractivity contribution is 0.00578. The van der Waals surface area contributed by atoms with Gasteiger partial charge >= 0.3 is 7.12 Å². The molecule has 0 unspecified atom stereocenters. The van der Waals surface area contributed by atoms with Crippen molar-refractivity contribution in [2.45, 2.75) is 38.9 Å². The van der Waals surface area contributed by atoms with E-state index in [1.165, 1.54) is 0 Å². The van der Waals surface area contributed by atoms with Gasteiger partial charge in [0.15, 0.2) is 0 Å². The van der Waals surface area contributed by atoms with Crippen molar-refractivity contribution in [3.8, 4) is 17.5 Å². The summed E-state index contributed by atoms with van der Waals surface area (Å²) in [6.45, 7) is 7.99. The molecule has 2 heterocycles. The van der Waals surface area contributed by atoms with Gasteiger partial charge in [-0.05, 0) is 33.8 Å². The maximum atomic E-state index is 9.47. The van der Waals surface area contributed by atoms with Crippen molar-refractivity contribution in [3.63, 3.8) is 0 Å². The first-order valence-corrected chi connectivity index (χ1v) is 7.23. The van der Waals surface area contributed by atoms with E-state index in [4.69, 9.17) is 9.31 Å². The molecule has 1 fully saturated rings. The number of nitrogens with one attached hydrogen (secondary N) is 1. The Bertz CT molecular complexity index is 716. The van der Waals surface area contributed by atoms with Crippen LogP contribution in [0.3, 0.4) is 0 Å². The number of H-pyrrole nitrogens is 1. The molecule has 112 valence electrons. The van der Waals surface area contributed by atoms with Crippen LogP contribution in [-0.2, 0) is 9.31 Å². The summed E-state index contributed by atoms with van der Waals surface area (Å²) >= 11 is 0. The van der Waals surface area contributed by atoms with E-state index >= 15 is 0 Å². The lowest BCUT2D eigenvalue weighted by Gasteiger charge is -2.32. The van der Waals surface area contributed by atoms with Crippen LogP contribution >= 0.6 is 0 Å². The standard InChI is InChI=1S/C16H18BN3O2/c1-15(2)16(3,4)22-17(21-15)13-6-5-11(9-12(13)10-18)14-19-7-8-20-14/h5-9H,1-4H3,(H,19,20). The fourth-order valence-electron chi connectivity index (χ4n) is 2.40. The number of benzene rings is 1. The van der Waals surface area contributed by atoms with Crippen molar-refractivity contribution in [3.05, 3.63) is 36.2 Å². The van der Waals surface area contributed by atoms with Crippen LogP contribution in [0.5, 0.6) is 0 Å². The largest absolute Gasteiger partial charge is 0.496 e. The second-order valence-electron chi connectivity index (χ2n) is 6.44. The molecule has 0 atom stereocenters. The van der Waals surface area contributed by atoms with Crippen LogP contribution in [0.25, 0.3) is 11.4 Å². The molecule has 1 aliphatic rings. The molecule has 0 saturated carbocycles. The summed E-state index contributed by atoms with van der Waals surface area (Å²) in [7, 11) is -0.537. The van der Waals surface area contributed by atoms with Crippen LogP contribution in [0, 0.1) is 11.3 Å². The van der Waals surface area contributed by atoms with E-state index in [2.05, 4.69) is 16.0 Å². The van der Waals surface area contributed by atoms with Gasteiger partial charge in [0.2, 0.25) is 0 Å². The highest BCUT2D eigenvalue weighted by Gasteiger charge is 2.52. The van der Waals surface area contributed by atoms with Crippen LogP contribution in [0.2, 0.25) is 0 Å². The number of rotatable bonds is 2. The molecule has 1 aromatic carbocycles. The maximum Gasteiger partial charge on any atom is 0.496 e. The molecule has 0 bridgehead atoms. The van der Waals surface area contributed by atoms with Crippen molar-refractivity contribution in [2.24, 2.45) is 0 Å². The van der Waals surface area contributed by atoms with Crippen molar-refractivity contribution in [2.75, 3.05) is 0 Å². The van der Waals surface area contributed by atoms with Gasteiger partial charge in [0.1, 0.15) is 5.82 Å². The Morgan fingerprint density at radius 1 is 1.18 bits per heavy atom. The molecule has 2 aromatic rings. The topological polar surface area (TPSA) is 70.9 Å². The predicted octanol–water partition coefficient (Wildman–Crippen LogP) is 2.25. The van der Waals surface area contributed by atoms with Gasteiger partial charge in [-0.1, -0.05) is 12.1 Å². The molecule has 3 rings (SSSR count). The van der Waals surface area contributed by atoms with E-state index in [1.54, 1.807) is 18.5 Å². The van der Waals surface area contributed by atoms with Crippen molar-refractivity contribution in [1.29, 1.82) is 5.26 Å². The zero-order valence-corrected chi connectivity index (χ0v) is 13.2. The first-order valence-electron chi connectivity index (χ1n) is 7.23. The van der Waals surface area contributed by atoms with Crippen LogP contribution in [0.1, 0.15) is 33.3 Å². The van der Waals surface area contributed by atoms with Crippen molar-refractivity contribution >= 4 is 12.6 Å². The maximum absolute atomic E-state index is 9.47. The molecule has 1 aliphatic heterocycles. The predicted molar refractivity (Wildman–Crippen MR) is 84.5 cm³/mol. The molecule has 1 N–H and O–H groups in total. The lowest BCUT2D eigenvalue weighted by Crippen LogP contribution is -2.41. The van der Waals surface area contributed by atoms with Gasteiger partial charge in [0, 0.05) is 23.4 Å². The minimum Gasteiger partial charge on any atom is -0.399 e. The quantitative estimate of drug-likeness (QED) is 0.863. The number of hydrogen-bond donors (Lipinski definition) is 1. The summed E-state index contributed by atoms with van der Waals surface area (Å²) in [5, 5.41) is 9.47.